The van der Waals surface area contributed by atoms with Crippen LogP contribution in [0.3, 0.4) is 0 Å². The number of nitrogens with zero attached hydrogens (tertiary/aromatic N) is 1. The lowest BCUT2D eigenvalue weighted by Gasteiger charge is -2.12. The highest BCUT2D eigenvalue weighted by Crippen LogP contribution is 2.20. The van der Waals surface area contributed by atoms with E-state index in [0.29, 0.717) is 11.4 Å². The Bertz CT molecular complexity index is 1050. The second-order valence-electron chi connectivity index (χ2n) is 5.82. The van der Waals surface area contributed by atoms with E-state index >= 15 is 0 Å². The summed E-state index contributed by atoms with van der Waals surface area (Å²) in [5.74, 6) is 0.176. The van der Waals surface area contributed by atoms with E-state index in [1.807, 2.05) is 30.3 Å². The van der Waals surface area contributed by atoms with Gasteiger partial charge in [0.15, 0.2) is 0 Å². The van der Waals surface area contributed by atoms with Crippen LogP contribution in [0.4, 0.5) is 5.69 Å². The highest BCUT2D eigenvalue weighted by Gasteiger charge is 2.17. The summed E-state index contributed by atoms with van der Waals surface area (Å²) in [6.45, 7) is 0. The van der Waals surface area contributed by atoms with E-state index in [4.69, 9.17) is 4.42 Å². The van der Waals surface area contributed by atoms with Crippen LogP contribution < -0.4 is 5.32 Å². The highest BCUT2D eigenvalue weighted by molar-refractivity contribution is 7.89. The Hall–Kier alpha value is -2.90. The Morgan fingerprint density at radius 2 is 1.85 bits per heavy atom. The first-order valence-electron chi connectivity index (χ1n) is 7.86. The molecule has 0 radical (unpaired) electrons. The summed E-state index contributed by atoms with van der Waals surface area (Å²) < 4.78 is 31.0. The number of para-hydroxylation sites is 1. The smallest absolute Gasteiger partial charge is 0.248 e. The van der Waals surface area contributed by atoms with E-state index in [0.717, 1.165) is 15.3 Å². The van der Waals surface area contributed by atoms with Crippen molar-refractivity contribution in [3.8, 4) is 0 Å². The van der Waals surface area contributed by atoms with Crippen LogP contribution in [-0.4, -0.2) is 32.7 Å². The molecule has 0 saturated heterocycles. The van der Waals surface area contributed by atoms with Crippen molar-refractivity contribution in [2.45, 2.75) is 4.90 Å². The number of anilines is 1. The van der Waals surface area contributed by atoms with Crippen LogP contribution in [0.1, 0.15) is 5.76 Å². The Labute approximate surface area is 151 Å². The molecule has 0 unspecified atom stereocenters. The second-order valence-corrected chi connectivity index (χ2v) is 7.98. The number of hydrogen-bond donors (Lipinski definition) is 1. The summed E-state index contributed by atoms with van der Waals surface area (Å²) in [7, 11) is -0.646. The molecule has 1 N–H and O–H groups in total. The van der Waals surface area contributed by atoms with E-state index in [1.54, 1.807) is 18.2 Å². The van der Waals surface area contributed by atoms with Gasteiger partial charge in [-0.15, -0.1) is 0 Å². The van der Waals surface area contributed by atoms with Gasteiger partial charge in [0.2, 0.25) is 15.9 Å². The van der Waals surface area contributed by atoms with Crippen molar-refractivity contribution in [3.63, 3.8) is 0 Å². The van der Waals surface area contributed by atoms with Gasteiger partial charge in [-0.25, -0.2) is 12.7 Å². The molecule has 1 amide bonds. The van der Waals surface area contributed by atoms with Gasteiger partial charge in [0.1, 0.15) is 11.3 Å². The fraction of sp³-hybridized carbons (Fsp3) is 0.105. The van der Waals surface area contributed by atoms with Crippen LogP contribution >= 0.6 is 0 Å². The van der Waals surface area contributed by atoms with Gasteiger partial charge >= 0.3 is 0 Å². The molecule has 134 valence electrons. The largest absolute Gasteiger partial charge is 0.457 e. The molecular weight excluding hydrogens is 352 g/mol. The van der Waals surface area contributed by atoms with Crippen molar-refractivity contribution in [1.82, 2.24) is 4.31 Å². The molecule has 2 aromatic carbocycles. The van der Waals surface area contributed by atoms with Crippen LogP contribution in [0.25, 0.3) is 17.0 Å². The quantitative estimate of drug-likeness (QED) is 0.699. The lowest BCUT2D eigenvalue weighted by molar-refractivity contribution is -0.111. The summed E-state index contributed by atoms with van der Waals surface area (Å²) in [6, 6.07) is 15.5. The van der Waals surface area contributed by atoms with Crippen LogP contribution in [0.5, 0.6) is 0 Å². The topological polar surface area (TPSA) is 79.6 Å². The predicted octanol–water partition coefficient (Wildman–Crippen LogP) is 3.34. The Kier molecular flexibility index (Phi) is 4.92. The predicted molar refractivity (Wildman–Crippen MR) is 101 cm³/mol. The maximum Gasteiger partial charge on any atom is 0.248 e. The number of carbonyl (C=O) groups excluding carboxylic acids is 1. The minimum atomic E-state index is -3.56. The van der Waals surface area contributed by atoms with E-state index in [2.05, 4.69) is 5.32 Å². The molecule has 26 heavy (non-hydrogen) atoms. The fourth-order valence-corrected chi connectivity index (χ4v) is 3.32. The third-order valence-electron chi connectivity index (χ3n) is 3.72. The SMILES string of the molecule is CN(C)S(=O)(=O)c1cccc(NC(=O)/C=C/c2cc3ccccc3o2)c1. The van der Waals surface area contributed by atoms with Gasteiger partial charge in [0.05, 0.1) is 4.90 Å². The minimum absolute atomic E-state index is 0.113. The van der Waals surface area contributed by atoms with E-state index in [9.17, 15) is 13.2 Å². The second kappa shape index (κ2) is 7.15. The summed E-state index contributed by atoms with van der Waals surface area (Å²) in [5.41, 5.74) is 1.14. The van der Waals surface area contributed by atoms with Gasteiger partial charge in [-0.3, -0.25) is 4.79 Å². The number of furan rings is 1. The summed E-state index contributed by atoms with van der Waals surface area (Å²) >= 11 is 0. The van der Waals surface area contributed by atoms with Gasteiger partial charge < -0.3 is 9.73 Å². The third-order valence-corrected chi connectivity index (χ3v) is 5.53. The molecule has 0 aliphatic carbocycles. The molecule has 7 heteroatoms. The normalized spacial score (nSPS) is 12.1. The zero-order valence-corrected chi connectivity index (χ0v) is 15.2. The van der Waals surface area contributed by atoms with Gasteiger partial charge in [-0.05, 0) is 36.4 Å². The monoisotopic (exact) mass is 370 g/mol. The van der Waals surface area contributed by atoms with Crippen molar-refractivity contribution >= 4 is 38.7 Å². The average Bonchev–Trinajstić information content (AvgIpc) is 3.03. The Morgan fingerprint density at radius 3 is 2.58 bits per heavy atom. The number of sulfonamides is 1. The van der Waals surface area contributed by atoms with Crippen molar-refractivity contribution < 1.29 is 17.6 Å². The van der Waals surface area contributed by atoms with E-state index in [1.165, 1.54) is 32.3 Å². The summed E-state index contributed by atoms with van der Waals surface area (Å²) in [5, 5.41) is 3.60. The van der Waals surface area contributed by atoms with Gasteiger partial charge in [0.25, 0.3) is 0 Å². The van der Waals surface area contributed by atoms with Crippen molar-refractivity contribution in [2.75, 3.05) is 19.4 Å². The number of fused-ring (bicyclic) bond motifs is 1. The number of rotatable bonds is 5. The molecule has 0 bridgehead atoms. The highest BCUT2D eigenvalue weighted by atomic mass is 32.2. The number of hydrogen-bond acceptors (Lipinski definition) is 4. The zero-order chi connectivity index (χ0) is 18.7. The molecule has 1 heterocycles. The molecule has 0 aliphatic rings. The van der Waals surface area contributed by atoms with Gasteiger partial charge in [-0.2, -0.15) is 0 Å². The molecule has 0 atom stereocenters. The molecule has 1 aromatic heterocycles. The maximum atomic E-state index is 12.2. The Balaban J connectivity index is 1.74. The minimum Gasteiger partial charge on any atom is -0.457 e. The maximum absolute atomic E-state index is 12.2. The van der Waals surface area contributed by atoms with Crippen LogP contribution in [-0.2, 0) is 14.8 Å². The number of nitrogens with one attached hydrogen (secondary N) is 1. The zero-order valence-electron chi connectivity index (χ0n) is 14.3. The first-order chi connectivity index (χ1) is 12.4. The number of carbonyl (C=O) groups is 1. The van der Waals surface area contributed by atoms with Crippen molar-refractivity contribution in [1.29, 1.82) is 0 Å². The van der Waals surface area contributed by atoms with Crippen molar-refractivity contribution in [3.05, 3.63) is 66.4 Å². The molecule has 3 rings (SSSR count). The van der Waals surface area contributed by atoms with E-state index < -0.39 is 10.0 Å². The molecule has 0 aliphatic heterocycles. The Morgan fingerprint density at radius 1 is 1.08 bits per heavy atom. The molecule has 0 saturated carbocycles. The third kappa shape index (κ3) is 3.84. The molecule has 6 nitrogen and oxygen atoms in total. The first kappa shape index (κ1) is 17.9. The molecule has 0 fully saturated rings. The fourth-order valence-electron chi connectivity index (χ4n) is 2.37. The van der Waals surface area contributed by atoms with Crippen molar-refractivity contribution in [2.24, 2.45) is 0 Å². The number of amides is 1. The standard InChI is InChI=1S/C19H18N2O4S/c1-21(2)26(23,24)17-8-5-7-15(13-17)20-19(22)11-10-16-12-14-6-3-4-9-18(14)25-16/h3-13H,1-2H3,(H,20,22)/b11-10+. The van der Waals surface area contributed by atoms with Crippen LogP contribution in [0.2, 0.25) is 0 Å². The molecule has 3 aromatic rings. The average molecular weight is 370 g/mol. The van der Waals surface area contributed by atoms with Gasteiger partial charge in [-0.1, -0.05) is 24.3 Å². The van der Waals surface area contributed by atoms with E-state index in [-0.39, 0.29) is 10.8 Å². The lowest BCUT2D eigenvalue weighted by Crippen LogP contribution is -2.22. The summed E-state index contributed by atoms with van der Waals surface area (Å²) in [6.07, 6.45) is 2.90. The first-order valence-corrected chi connectivity index (χ1v) is 9.30. The molecule has 0 spiro atoms. The number of benzene rings is 2. The van der Waals surface area contributed by atoms with Gasteiger partial charge in [0, 0.05) is 31.2 Å². The lowest BCUT2D eigenvalue weighted by atomic mass is 10.2. The molecular formula is C19H18N2O4S. The van der Waals surface area contributed by atoms with Crippen LogP contribution in [0, 0.1) is 0 Å². The summed E-state index contributed by atoms with van der Waals surface area (Å²) in [4.78, 5) is 12.2. The van der Waals surface area contributed by atoms with Crippen LogP contribution in [0.15, 0.2) is 70.0 Å².